The molecule has 0 saturated carbocycles. The van der Waals surface area contributed by atoms with E-state index in [1.165, 1.54) is 36.5 Å². The van der Waals surface area contributed by atoms with Gasteiger partial charge in [0.05, 0.1) is 6.54 Å². The van der Waals surface area contributed by atoms with Crippen molar-refractivity contribution < 1.29 is 4.42 Å². The van der Waals surface area contributed by atoms with Crippen molar-refractivity contribution in [2.24, 2.45) is 0 Å². The maximum absolute atomic E-state index is 6.24. The number of para-hydroxylation sites is 1. The van der Waals surface area contributed by atoms with Crippen LogP contribution in [-0.4, -0.2) is 14.8 Å². The lowest BCUT2D eigenvalue weighted by Crippen LogP contribution is -2.05. The molecule has 3 heterocycles. The second kappa shape index (κ2) is 10.8. The van der Waals surface area contributed by atoms with Crippen molar-refractivity contribution >= 4 is 64.2 Å². The summed E-state index contributed by atoms with van der Waals surface area (Å²) in [5.74, 6) is 1.53. The lowest BCUT2D eigenvalue weighted by atomic mass is 10.0. The number of nitrogens with zero attached hydrogens (tertiary/aromatic N) is 3. The fraction of sp³-hybridized carbons (Fsp3) is 0.0233. The van der Waals surface area contributed by atoms with Crippen LogP contribution in [0.3, 0.4) is 0 Å². The van der Waals surface area contributed by atoms with Crippen molar-refractivity contribution in [2.45, 2.75) is 6.54 Å². The molecule has 3 aromatic heterocycles. The topological polar surface area (TPSA) is 43.9 Å². The number of furan rings is 1. The van der Waals surface area contributed by atoms with Crippen LogP contribution in [0.4, 0.5) is 0 Å². The van der Waals surface area contributed by atoms with Crippen LogP contribution in [0.5, 0.6) is 0 Å². The highest BCUT2D eigenvalue weighted by Gasteiger charge is 2.19. The molecular weight excluding hydrogens is 607 g/mol. The maximum atomic E-state index is 6.24. The number of hydrogen-bond acceptors (Lipinski definition) is 4. The van der Waals surface area contributed by atoms with E-state index in [1.807, 2.05) is 29.5 Å². The van der Waals surface area contributed by atoms with E-state index >= 15 is 0 Å². The first kappa shape index (κ1) is 27.1. The molecule has 0 spiro atoms. The summed E-state index contributed by atoms with van der Waals surface area (Å²) in [7, 11) is 0. The van der Waals surface area contributed by atoms with Crippen molar-refractivity contribution in [2.75, 3.05) is 0 Å². The molecule has 226 valence electrons. The first-order valence-corrected chi connectivity index (χ1v) is 16.9. The summed E-state index contributed by atoms with van der Waals surface area (Å²) < 4.78 is 10.9. The number of rotatable bonds is 5. The van der Waals surface area contributed by atoms with E-state index in [0.717, 1.165) is 50.0 Å². The zero-order chi connectivity index (χ0) is 31.6. The standard InChI is InChI=1S/C43H27N3OS/c1-2-11-28-24-30(23-22-27(28)10-1)42-44-43(46(45-42)26-32-14-8-20-38-40(32)36-16-3-5-19-37(36)47-38)31-13-7-12-29(25-31)33-17-9-18-35-34-15-4-6-21-39(34)48-41(33)35/h1-25H,26H2. The van der Waals surface area contributed by atoms with Crippen LogP contribution in [0.15, 0.2) is 156 Å². The van der Waals surface area contributed by atoms with Crippen LogP contribution in [0.25, 0.3) is 86.8 Å². The minimum atomic E-state index is 0.549. The molecule has 0 saturated heterocycles. The third-order valence-corrected chi connectivity index (χ3v) is 10.5. The Bertz CT molecular complexity index is 2840. The Kier molecular flexibility index (Phi) is 6.08. The molecular formula is C43H27N3OS. The van der Waals surface area contributed by atoms with Gasteiger partial charge >= 0.3 is 0 Å². The molecule has 0 fully saturated rings. The van der Waals surface area contributed by atoms with Crippen molar-refractivity contribution in [1.82, 2.24) is 14.8 Å². The van der Waals surface area contributed by atoms with Crippen molar-refractivity contribution in [3.8, 4) is 33.9 Å². The highest BCUT2D eigenvalue weighted by Crippen LogP contribution is 2.41. The molecule has 0 radical (unpaired) electrons. The Labute approximate surface area is 280 Å². The predicted molar refractivity (Wildman–Crippen MR) is 200 cm³/mol. The molecule has 0 bridgehead atoms. The van der Waals surface area contributed by atoms with Crippen LogP contribution in [0.2, 0.25) is 0 Å². The number of benzene rings is 7. The predicted octanol–water partition coefficient (Wildman–Crippen LogP) is 11.7. The van der Waals surface area contributed by atoms with Gasteiger partial charge in [-0.15, -0.1) is 11.3 Å². The van der Waals surface area contributed by atoms with Gasteiger partial charge < -0.3 is 4.42 Å². The quantitative estimate of drug-likeness (QED) is 0.189. The Hall–Kier alpha value is -6.04. The summed E-state index contributed by atoms with van der Waals surface area (Å²) in [6, 6.07) is 53.4. The Morgan fingerprint density at radius 3 is 2.27 bits per heavy atom. The molecule has 0 unspecified atom stereocenters. The lowest BCUT2D eigenvalue weighted by molar-refractivity contribution is 0.667. The van der Waals surface area contributed by atoms with E-state index in [-0.39, 0.29) is 0 Å². The number of fused-ring (bicyclic) bond motifs is 7. The van der Waals surface area contributed by atoms with E-state index in [1.54, 1.807) is 0 Å². The number of aromatic nitrogens is 3. The normalized spacial score (nSPS) is 11.8. The van der Waals surface area contributed by atoms with Crippen LogP contribution >= 0.6 is 11.3 Å². The highest BCUT2D eigenvalue weighted by atomic mass is 32.1. The molecule has 0 aliphatic heterocycles. The van der Waals surface area contributed by atoms with Gasteiger partial charge in [-0.2, -0.15) is 5.10 Å². The molecule has 7 aromatic carbocycles. The second-order valence-electron chi connectivity index (χ2n) is 12.2. The fourth-order valence-electron chi connectivity index (χ4n) is 7.06. The van der Waals surface area contributed by atoms with Gasteiger partial charge in [-0.3, -0.25) is 0 Å². The van der Waals surface area contributed by atoms with E-state index in [0.29, 0.717) is 12.4 Å². The monoisotopic (exact) mass is 633 g/mol. The van der Waals surface area contributed by atoms with Gasteiger partial charge in [0.2, 0.25) is 0 Å². The van der Waals surface area contributed by atoms with E-state index in [9.17, 15) is 0 Å². The van der Waals surface area contributed by atoms with Gasteiger partial charge in [0.1, 0.15) is 11.2 Å². The van der Waals surface area contributed by atoms with Crippen molar-refractivity contribution in [1.29, 1.82) is 0 Å². The summed E-state index contributed by atoms with van der Waals surface area (Å²) in [5.41, 5.74) is 7.31. The van der Waals surface area contributed by atoms with Gasteiger partial charge in [-0.25, -0.2) is 9.67 Å². The van der Waals surface area contributed by atoms with Gasteiger partial charge in [-0.05, 0) is 57.8 Å². The Morgan fingerprint density at radius 1 is 0.562 bits per heavy atom. The van der Waals surface area contributed by atoms with Crippen LogP contribution in [0.1, 0.15) is 5.56 Å². The Morgan fingerprint density at radius 2 is 1.31 bits per heavy atom. The van der Waals surface area contributed by atoms with E-state index in [4.69, 9.17) is 14.5 Å². The summed E-state index contributed by atoms with van der Waals surface area (Å²) in [5, 5.41) is 12.4. The largest absolute Gasteiger partial charge is 0.456 e. The van der Waals surface area contributed by atoms with Crippen LogP contribution in [-0.2, 0) is 6.54 Å². The average molecular weight is 634 g/mol. The molecule has 5 heteroatoms. The summed E-state index contributed by atoms with van der Waals surface area (Å²) >= 11 is 1.85. The van der Waals surface area contributed by atoms with Gasteiger partial charge in [0, 0.05) is 42.1 Å². The molecule has 10 rings (SSSR count). The van der Waals surface area contributed by atoms with E-state index in [2.05, 4.69) is 138 Å². The first-order valence-electron chi connectivity index (χ1n) is 16.1. The molecule has 4 nitrogen and oxygen atoms in total. The van der Waals surface area contributed by atoms with E-state index < -0.39 is 0 Å². The second-order valence-corrected chi connectivity index (χ2v) is 13.3. The zero-order valence-electron chi connectivity index (χ0n) is 25.8. The minimum Gasteiger partial charge on any atom is -0.456 e. The fourth-order valence-corrected chi connectivity index (χ4v) is 8.30. The summed E-state index contributed by atoms with van der Waals surface area (Å²) in [6.07, 6.45) is 0. The average Bonchev–Trinajstić information content (AvgIpc) is 3.85. The number of hydrogen-bond donors (Lipinski definition) is 0. The zero-order valence-corrected chi connectivity index (χ0v) is 26.6. The molecule has 48 heavy (non-hydrogen) atoms. The molecule has 0 N–H and O–H groups in total. The molecule has 10 aromatic rings. The molecule has 0 aliphatic rings. The third-order valence-electron chi connectivity index (χ3n) is 9.32. The first-order chi connectivity index (χ1) is 23.8. The molecule has 0 aliphatic carbocycles. The summed E-state index contributed by atoms with van der Waals surface area (Å²) in [6.45, 7) is 0.549. The lowest BCUT2D eigenvalue weighted by Gasteiger charge is -2.10. The van der Waals surface area contributed by atoms with Crippen molar-refractivity contribution in [3.63, 3.8) is 0 Å². The summed E-state index contributed by atoms with van der Waals surface area (Å²) in [4.78, 5) is 5.25. The van der Waals surface area contributed by atoms with Crippen LogP contribution < -0.4 is 0 Å². The Balaban J connectivity index is 1.15. The van der Waals surface area contributed by atoms with Crippen LogP contribution in [0, 0.1) is 0 Å². The maximum Gasteiger partial charge on any atom is 0.181 e. The van der Waals surface area contributed by atoms with Gasteiger partial charge in [0.15, 0.2) is 11.6 Å². The van der Waals surface area contributed by atoms with Crippen molar-refractivity contribution in [3.05, 3.63) is 157 Å². The smallest absolute Gasteiger partial charge is 0.181 e. The number of thiophene rings is 1. The highest BCUT2D eigenvalue weighted by molar-refractivity contribution is 7.26. The van der Waals surface area contributed by atoms with Gasteiger partial charge in [-0.1, -0.05) is 121 Å². The van der Waals surface area contributed by atoms with Gasteiger partial charge in [0.25, 0.3) is 0 Å². The minimum absolute atomic E-state index is 0.549. The molecule has 0 atom stereocenters. The third kappa shape index (κ3) is 4.36. The molecule has 0 amide bonds. The SMILES string of the molecule is c1cc(-c2cccc3c2sc2ccccc23)cc(-c2nc(-c3ccc4ccccc4c3)nn2Cc2cccc3oc4ccccc4c23)c1.